The minimum absolute atomic E-state index is 0.0289. The third kappa shape index (κ3) is 4.86. The maximum atomic E-state index is 12.3. The van der Waals surface area contributed by atoms with Gasteiger partial charge in [-0.3, -0.25) is 9.69 Å². The second-order valence-electron chi connectivity index (χ2n) is 6.73. The van der Waals surface area contributed by atoms with Gasteiger partial charge in [-0.05, 0) is 62.2 Å². The van der Waals surface area contributed by atoms with Gasteiger partial charge in [-0.25, -0.2) is 9.78 Å². The molecule has 156 valence electrons. The smallest absolute Gasteiger partial charge is 0.338 e. The Morgan fingerprint density at radius 3 is 2.50 bits per heavy atom. The molecule has 0 bridgehead atoms. The van der Waals surface area contributed by atoms with E-state index < -0.39 is 5.97 Å². The van der Waals surface area contributed by atoms with Gasteiger partial charge in [-0.15, -0.1) is 11.3 Å². The molecular weight excluding hydrogens is 400 g/mol. The van der Waals surface area contributed by atoms with Crippen LogP contribution >= 0.6 is 11.3 Å². The average molecular weight is 425 g/mol. The van der Waals surface area contributed by atoms with Gasteiger partial charge in [-0.2, -0.15) is 0 Å². The summed E-state index contributed by atoms with van der Waals surface area (Å²) in [5.74, 6) is 0.135. The zero-order valence-corrected chi connectivity index (χ0v) is 18.3. The van der Waals surface area contributed by atoms with E-state index in [1.165, 1.54) is 18.3 Å². The highest BCUT2D eigenvalue weighted by molar-refractivity contribution is 7.14. The fraction of sp³-hybridized carbons (Fsp3) is 0.261. The molecule has 2 aromatic carbocycles. The third-order valence-corrected chi connectivity index (χ3v) is 5.49. The van der Waals surface area contributed by atoms with E-state index in [9.17, 15) is 9.59 Å². The predicted molar refractivity (Wildman–Crippen MR) is 118 cm³/mol. The first-order chi connectivity index (χ1) is 14.4. The molecule has 0 atom stereocenters. The number of rotatable bonds is 7. The van der Waals surface area contributed by atoms with Crippen LogP contribution in [0.4, 0.5) is 10.8 Å². The molecule has 1 aromatic heterocycles. The van der Waals surface area contributed by atoms with Crippen LogP contribution in [-0.4, -0.2) is 23.5 Å². The molecule has 0 unspecified atom stereocenters. The van der Waals surface area contributed by atoms with E-state index in [0.29, 0.717) is 28.7 Å². The van der Waals surface area contributed by atoms with Crippen LogP contribution in [0.3, 0.4) is 0 Å². The SMILES string of the molecule is CCOc1ccc(C(=O)OCc2csc(N(C(C)=O)c3cccc(C)c3C)n2)cc1. The quantitative estimate of drug-likeness (QED) is 0.488. The molecule has 7 heteroatoms. The van der Waals surface area contributed by atoms with Gasteiger partial charge in [0, 0.05) is 12.3 Å². The summed E-state index contributed by atoms with van der Waals surface area (Å²) in [6.07, 6.45) is 0. The Morgan fingerprint density at radius 2 is 1.83 bits per heavy atom. The first-order valence-electron chi connectivity index (χ1n) is 9.62. The van der Waals surface area contributed by atoms with Gasteiger partial charge in [0.25, 0.3) is 0 Å². The number of hydrogen-bond donors (Lipinski definition) is 0. The average Bonchev–Trinajstić information content (AvgIpc) is 3.18. The summed E-state index contributed by atoms with van der Waals surface area (Å²) in [6, 6.07) is 12.6. The van der Waals surface area contributed by atoms with E-state index in [2.05, 4.69) is 4.98 Å². The lowest BCUT2D eigenvalue weighted by Gasteiger charge is -2.21. The molecule has 0 N–H and O–H groups in total. The number of carbonyl (C=O) groups excluding carboxylic acids is 2. The highest BCUT2D eigenvalue weighted by atomic mass is 32.1. The fourth-order valence-corrected chi connectivity index (χ4v) is 3.79. The summed E-state index contributed by atoms with van der Waals surface area (Å²) in [5.41, 5.74) is 3.95. The number of hydrogen-bond acceptors (Lipinski definition) is 6. The van der Waals surface area contributed by atoms with Crippen molar-refractivity contribution in [2.75, 3.05) is 11.5 Å². The normalized spacial score (nSPS) is 10.5. The molecule has 0 fully saturated rings. The number of amides is 1. The summed E-state index contributed by atoms with van der Waals surface area (Å²) in [7, 11) is 0. The van der Waals surface area contributed by atoms with Crippen molar-refractivity contribution in [3.8, 4) is 5.75 Å². The third-order valence-electron chi connectivity index (χ3n) is 4.61. The topological polar surface area (TPSA) is 68.7 Å². The minimum atomic E-state index is -0.439. The van der Waals surface area contributed by atoms with Crippen molar-refractivity contribution in [2.45, 2.75) is 34.3 Å². The molecule has 1 amide bonds. The van der Waals surface area contributed by atoms with Crippen molar-refractivity contribution in [1.29, 1.82) is 0 Å². The van der Waals surface area contributed by atoms with Crippen LogP contribution in [-0.2, 0) is 16.1 Å². The number of carbonyl (C=O) groups is 2. The number of aromatic nitrogens is 1. The van der Waals surface area contributed by atoms with E-state index >= 15 is 0 Å². The molecule has 1 heterocycles. The van der Waals surface area contributed by atoms with Crippen LogP contribution in [0.5, 0.6) is 5.75 Å². The predicted octanol–water partition coefficient (Wildman–Crippen LogP) is 5.20. The monoisotopic (exact) mass is 424 g/mol. The number of anilines is 2. The summed E-state index contributed by atoms with van der Waals surface area (Å²) in [5, 5.41) is 2.34. The number of esters is 1. The second-order valence-corrected chi connectivity index (χ2v) is 7.56. The fourth-order valence-electron chi connectivity index (χ4n) is 2.93. The first kappa shape index (κ1) is 21.5. The Balaban J connectivity index is 1.71. The highest BCUT2D eigenvalue weighted by Gasteiger charge is 2.20. The Kier molecular flexibility index (Phi) is 6.84. The Bertz CT molecular complexity index is 1040. The molecule has 3 aromatic rings. The molecule has 0 radical (unpaired) electrons. The molecule has 30 heavy (non-hydrogen) atoms. The standard InChI is InChI=1S/C23H24N2O4S/c1-5-28-20-11-9-18(10-12-20)22(27)29-13-19-14-30-23(24-19)25(17(4)26)21-8-6-7-15(2)16(21)3/h6-12,14H,5,13H2,1-4H3. The van der Waals surface area contributed by atoms with Crippen molar-refractivity contribution in [3.63, 3.8) is 0 Å². The Labute approximate surface area is 180 Å². The summed E-state index contributed by atoms with van der Waals surface area (Å²) >= 11 is 1.34. The van der Waals surface area contributed by atoms with Crippen LogP contribution in [0.15, 0.2) is 47.8 Å². The second kappa shape index (κ2) is 9.54. The van der Waals surface area contributed by atoms with Gasteiger partial charge in [0.15, 0.2) is 5.13 Å². The van der Waals surface area contributed by atoms with E-state index in [0.717, 1.165) is 16.8 Å². The van der Waals surface area contributed by atoms with Gasteiger partial charge in [-0.1, -0.05) is 12.1 Å². The summed E-state index contributed by atoms with van der Waals surface area (Å²) in [6.45, 7) is 7.99. The number of thiazole rings is 1. The van der Waals surface area contributed by atoms with E-state index in [-0.39, 0.29) is 12.5 Å². The maximum Gasteiger partial charge on any atom is 0.338 e. The molecular formula is C23H24N2O4S. The van der Waals surface area contributed by atoms with Gasteiger partial charge in [0.2, 0.25) is 5.91 Å². The van der Waals surface area contributed by atoms with Crippen molar-refractivity contribution in [1.82, 2.24) is 4.98 Å². The zero-order chi connectivity index (χ0) is 21.7. The van der Waals surface area contributed by atoms with Crippen LogP contribution in [0.25, 0.3) is 0 Å². The van der Waals surface area contributed by atoms with Crippen molar-refractivity contribution in [2.24, 2.45) is 0 Å². The van der Waals surface area contributed by atoms with Gasteiger partial charge < -0.3 is 9.47 Å². The molecule has 0 aliphatic carbocycles. The lowest BCUT2D eigenvalue weighted by molar-refractivity contribution is -0.115. The maximum absolute atomic E-state index is 12.3. The molecule has 0 saturated heterocycles. The number of benzene rings is 2. The van der Waals surface area contributed by atoms with Crippen LogP contribution in [0.1, 0.15) is 41.0 Å². The van der Waals surface area contributed by atoms with Gasteiger partial charge >= 0.3 is 5.97 Å². The molecule has 3 rings (SSSR count). The Hall–Kier alpha value is -3.19. The van der Waals surface area contributed by atoms with Gasteiger partial charge in [0.05, 0.1) is 23.6 Å². The van der Waals surface area contributed by atoms with Crippen LogP contribution in [0, 0.1) is 13.8 Å². The molecule has 0 spiro atoms. The van der Waals surface area contributed by atoms with Crippen molar-refractivity contribution in [3.05, 3.63) is 70.2 Å². The minimum Gasteiger partial charge on any atom is -0.494 e. The first-order valence-corrected chi connectivity index (χ1v) is 10.5. The summed E-state index contributed by atoms with van der Waals surface area (Å²) < 4.78 is 10.8. The van der Waals surface area contributed by atoms with Crippen LogP contribution in [0.2, 0.25) is 0 Å². The largest absolute Gasteiger partial charge is 0.494 e. The van der Waals surface area contributed by atoms with Crippen molar-refractivity contribution < 1.29 is 19.1 Å². The number of ether oxygens (including phenoxy) is 2. The molecule has 0 saturated carbocycles. The lowest BCUT2D eigenvalue weighted by Crippen LogP contribution is -2.23. The molecule has 0 aliphatic rings. The van der Waals surface area contributed by atoms with Gasteiger partial charge in [0.1, 0.15) is 12.4 Å². The van der Waals surface area contributed by atoms with E-state index in [4.69, 9.17) is 9.47 Å². The Morgan fingerprint density at radius 1 is 1.10 bits per heavy atom. The van der Waals surface area contributed by atoms with E-state index in [1.807, 2.05) is 39.0 Å². The van der Waals surface area contributed by atoms with Crippen molar-refractivity contribution >= 4 is 34.0 Å². The highest BCUT2D eigenvalue weighted by Crippen LogP contribution is 2.32. The van der Waals surface area contributed by atoms with E-state index in [1.54, 1.807) is 34.5 Å². The van der Waals surface area contributed by atoms with Crippen LogP contribution < -0.4 is 9.64 Å². The molecule has 6 nitrogen and oxygen atoms in total. The zero-order valence-electron chi connectivity index (χ0n) is 17.5. The lowest BCUT2D eigenvalue weighted by atomic mass is 10.1. The molecule has 0 aliphatic heterocycles. The summed E-state index contributed by atoms with van der Waals surface area (Å²) in [4.78, 5) is 30.7. The number of nitrogens with zero attached hydrogens (tertiary/aromatic N) is 2. The number of aryl methyl sites for hydroxylation is 1.